The molecule has 1 aliphatic carbocycles. The maximum absolute atomic E-state index is 12.5. The summed E-state index contributed by atoms with van der Waals surface area (Å²) in [7, 11) is 1.42. The van der Waals surface area contributed by atoms with Gasteiger partial charge in [-0.25, -0.2) is 4.79 Å². The number of thiophene rings is 1. The zero-order valence-corrected chi connectivity index (χ0v) is 19.4. The molecular formula is C23H26N4O2S2. The van der Waals surface area contributed by atoms with Crippen LogP contribution in [0.4, 0.5) is 10.7 Å². The van der Waals surface area contributed by atoms with Crippen LogP contribution >= 0.6 is 23.6 Å². The maximum atomic E-state index is 12.5. The van der Waals surface area contributed by atoms with Gasteiger partial charge in [0.15, 0.2) is 5.11 Å². The number of aryl methyl sites for hydroxylation is 2. The second-order valence-corrected chi connectivity index (χ2v) is 9.26. The van der Waals surface area contributed by atoms with Gasteiger partial charge in [-0.05, 0) is 56.0 Å². The van der Waals surface area contributed by atoms with Crippen LogP contribution in [0.15, 0.2) is 36.7 Å². The first-order chi connectivity index (χ1) is 15.0. The lowest BCUT2D eigenvalue weighted by atomic mass is 10.1. The van der Waals surface area contributed by atoms with Crippen molar-refractivity contribution < 1.29 is 9.53 Å². The minimum absolute atomic E-state index is 0.310. The number of benzene rings is 1. The van der Waals surface area contributed by atoms with E-state index < -0.39 is 0 Å². The molecule has 8 heteroatoms. The zero-order valence-electron chi connectivity index (χ0n) is 17.7. The summed E-state index contributed by atoms with van der Waals surface area (Å²) in [5.41, 5.74) is 4.96. The molecule has 31 heavy (non-hydrogen) atoms. The van der Waals surface area contributed by atoms with Crippen LogP contribution in [0.5, 0.6) is 0 Å². The SMILES string of the molecule is COC(=O)c1c(NC(=S)Nc2cnn(Cc3ccc(C)cc3)c2)sc2c1CCCCC2. The summed E-state index contributed by atoms with van der Waals surface area (Å²) in [6, 6.07) is 8.40. The molecule has 0 spiro atoms. The number of fused-ring (bicyclic) bond motifs is 1. The first-order valence-electron chi connectivity index (χ1n) is 10.4. The number of rotatable bonds is 5. The number of hydrogen-bond donors (Lipinski definition) is 2. The number of hydrogen-bond acceptors (Lipinski definition) is 5. The minimum atomic E-state index is -0.310. The Kier molecular flexibility index (Phi) is 6.67. The van der Waals surface area contributed by atoms with Gasteiger partial charge in [-0.1, -0.05) is 36.2 Å². The van der Waals surface area contributed by atoms with Gasteiger partial charge >= 0.3 is 5.97 Å². The number of nitrogens with zero attached hydrogens (tertiary/aromatic N) is 2. The van der Waals surface area contributed by atoms with E-state index in [1.165, 1.54) is 29.5 Å². The summed E-state index contributed by atoms with van der Waals surface area (Å²) < 4.78 is 6.92. The standard InChI is InChI=1S/C23H26N4O2S2/c1-15-8-10-16(11-9-15)13-27-14-17(12-24-27)25-23(30)26-21-20(22(28)29-2)18-6-4-3-5-7-19(18)31-21/h8-12,14H,3-7,13H2,1-2H3,(H2,25,26,30). The van der Waals surface area contributed by atoms with Gasteiger partial charge in [0.05, 0.1) is 31.1 Å². The molecule has 1 aromatic carbocycles. The van der Waals surface area contributed by atoms with Crippen molar-refractivity contribution in [2.45, 2.75) is 45.6 Å². The molecule has 0 saturated carbocycles. The Bertz CT molecular complexity index is 1090. The number of carbonyl (C=O) groups is 1. The Hall–Kier alpha value is -2.71. The molecule has 0 fully saturated rings. The van der Waals surface area contributed by atoms with Crippen LogP contribution in [0.25, 0.3) is 0 Å². The highest BCUT2D eigenvalue weighted by molar-refractivity contribution is 7.80. The molecule has 4 rings (SSSR count). The minimum Gasteiger partial charge on any atom is -0.465 e. The Morgan fingerprint density at radius 2 is 1.97 bits per heavy atom. The largest absolute Gasteiger partial charge is 0.465 e. The zero-order chi connectivity index (χ0) is 21.8. The average molecular weight is 455 g/mol. The van der Waals surface area contributed by atoms with Crippen LogP contribution in [-0.4, -0.2) is 28.0 Å². The van der Waals surface area contributed by atoms with Crippen LogP contribution in [0, 0.1) is 6.92 Å². The Labute approximate surface area is 191 Å². The lowest BCUT2D eigenvalue weighted by Crippen LogP contribution is -2.20. The fraction of sp³-hybridized carbons (Fsp3) is 0.348. The van der Waals surface area contributed by atoms with Gasteiger partial charge in [0, 0.05) is 11.1 Å². The van der Waals surface area contributed by atoms with E-state index in [1.807, 2.05) is 10.9 Å². The molecule has 1 aliphatic rings. The molecule has 2 N–H and O–H groups in total. The fourth-order valence-electron chi connectivity index (χ4n) is 3.81. The van der Waals surface area contributed by atoms with Crippen molar-refractivity contribution in [1.82, 2.24) is 9.78 Å². The van der Waals surface area contributed by atoms with Crippen LogP contribution < -0.4 is 10.6 Å². The van der Waals surface area contributed by atoms with Crippen LogP contribution in [0.2, 0.25) is 0 Å². The molecule has 0 saturated heterocycles. The van der Waals surface area contributed by atoms with Crippen molar-refractivity contribution in [3.05, 3.63) is 63.8 Å². The molecule has 2 heterocycles. The summed E-state index contributed by atoms with van der Waals surface area (Å²) in [4.78, 5) is 13.7. The molecule has 0 unspecified atom stereocenters. The van der Waals surface area contributed by atoms with Crippen molar-refractivity contribution in [2.24, 2.45) is 0 Å². The van der Waals surface area contributed by atoms with Crippen molar-refractivity contribution in [3.63, 3.8) is 0 Å². The first-order valence-corrected chi connectivity index (χ1v) is 11.6. The quantitative estimate of drug-likeness (QED) is 0.315. The molecule has 0 radical (unpaired) electrons. The normalized spacial score (nSPS) is 13.2. The van der Waals surface area contributed by atoms with Crippen LogP contribution in [-0.2, 0) is 24.1 Å². The van der Waals surface area contributed by atoms with E-state index in [9.17, 15) is 4.79 Å². The van der Waals surface area contributed by atoms with E-state index in [1.54, 1.807) is 17.5 Å². The van der Waals surface area contributed by atoms with E-state index >= 15 is 0 Å². The van der Waals surface area contributed by atoms with Gasteiger partial charge < -0.3 is 15.4 Å². The van der Waals surface area contributed by atoms with Gasteiger partial charge in [-0.3, -0.25) is 4.68 Å². The Morgan fingerprint density at radius 3 is 2.74 bits per heavy atom. The number of thiocarbonyl (C=S) groups is 1. The van der Waals surface area contributed by atoms with E-state index in [4.69, 9.17) is 17.0 Å². The molecule has 0 bridgehead atoms. The third-order valence-corrected chi connectivity index (χ3v) is 6.81. The van der Waals surface area contributed by atoms with Crippen LogP contribution in [0.1, 0.15) is 51.2 Å². The van der Waals surface area contributed by atoms with E-state index in [-0.39, 0.29) is 5.97 Å². The monoisotopic (exact) mass is 454 g/mol. The number of ether oxygens (including phenoxy) is 1. The molecule has 6 nitrogen and oxygen atoms in total. The third-order valence-electron chi connectivity index (χ3n) is 5.39. The molecule has 0 aliphatic heterocycles. The van der Waals surface area contributed by atoms with E-state index in [0.29, 0.717) is 17.2 Å². The number of aromatic nitrogens is 2. The Morgan fingerprint density at radius 1 is 1.19 bits per heavy atom. The fourth-order valence-corrected chi connectivity index (χ4v) is 5.38. The predicted molar refractivity (Wildman–Crippen MR) is 129 cm³/mol. The maximum Gasteiger partial charge on any atom is 0.341 e. The predicted octanol–water partition coefficient (Wildman–Crippen LogP) is 5.17. The van der Waals surface area contributed by atoms with E-state index in [2.05, 4.69) is 46.9 Å². The van der Waals surface area contributed by atoms with E-state index in [0.717, 1.165) is 41.9 Å². The molecule has 2 aromatic heterocycles. The molecular weight excluding hydrogens is 428 g/mol. The van der Waals surface area contributed by atoms with Gasteiger partial charge in [0.2, 0.25) is 0 Å². The lowest BCUT2D eigenvalue weighted by molar-refractivity contribution is 0.0601. The first kappa shape index (κ1) is 21.5. The number of nitrogens with one attached hydrogen (secondary N) is 2. The number of anilines is 2. The lowest BCUT2D eigenvalue weighted by Gasteiger charge is -2.10. The molecule has 0 amide bonds. The van der Waals surface area contributed by atoms with Crippen molar-refractivity contribution in [3.8, 4) is 0 Å². The van der Waals surface area contributed by atoms with Crippen molar-refractivity contribution in [1.29, 1.82) is 0 Å². The number of methoxy groups -OCH3 is 1. The summed E-state index contributed by atoms with van der Waals surface area (Å²) >= 11 is 7.12. The molecule has 0 atom stereocenters. The van der Waals surface area contributed by atoms with Gasteiger partial charge in [0.1, 0.15) is 5.00 Å². The highest BCUT2D eigenvalue weighted by Crippen LogP contribution is 2.38. The molecule has 3 aromatic rings. The third kappa shape index (κ3) is 5.14. The van der Waals surface area contributed by atoms with Crippen molar-refractivity contribution >= 4 is 45.3 Å². The second-order valence-electron chi connectivity index (χ2n) is 7.75. The second kappa shape index (κ2) is 9.62. The average Bonchev–Trinajstić information content (AvgIpc) is 3.25. The van der Waals surface area contributed by atoms with Crippen LogP contribution in [0.3, 0.4) is 0 Å². The highest BCUT2D eigenvalue weighted by Gasteiger charge is 2.25. The smallest absolute Gasteiger partial charge is 0.341 e. The van der Waals surface area contributed by atoms with Gasteiger partial charge in [-0.15, -0.1) is 11.3 Å². The topological polar surface area (TPSA) is 68.2 Å². The number of esters is 1. The molecule has 162 valence electrons. The van der Waals surface area contributed by atoms with Gasteiger partial charge in [0.25, 0.3) is 0 Å². The highest BCUT2D eigenvalue weighted by atomic mass is 32.1. The van der Waals surface area contributed by atoms with Crippen molar-refractivity contribution in [2.75, 3.05) is 17.7 Å². The summed E-state index contributed by atoms with van der Waals surface area (Å²) in [6.07, 6.45) is 9.00. The summed E-state index contributed by atoms with van der Waals surface area (Å²) in [5.74, 6) is -0.310. The summed E-state index contributed by atoms with van der Waals surface area (Å²) in [6.45, 7) is 2.76. The number of carbonyl (C=O) groups excluding carboxylic acids is 1. The Balaban J connectivity index is 1.45. The van der Waals surface area contributed by atoms with Gasteiger partial charge in [-0.2, -0.15) is 5.10 Å². The summed E-state index contributed by atoms with van der Waals surface area (Å²) in [5, 5.41) is 12.0.